The zero-order valence-corrected chi connectivity index (χ0v) is 28.5. The second kappa shape index (κ2) is 17.5. The molecule has 1 aliphatic heterocycles. The van der Waals surface area contributed by atoms with Crippen molar-refractivity contribution < 1.29 is 28.8 Å². The number of aromatic nitrogens is 2. The highest BCUT2D eigenvalue weighted by Crippen LogP contribution is 2.12. The SMILES string of the molecule is CSCC[C@@H]1NC(=O)[C@H](C(C)C)NC(=O)[C@@H](C)NC(=O)CN(C(=O)c2nc[nH]c2C)C[C@@H](Cc2ccccc2)NC(=O)[C@H](C)NC1=O. The number of carbonyl (C=O) groups is 6. The van der Waals surface area contributed by atoms with Gasteiger partial charge in [0.25, 0.3) is 5.91 Å². The molecule has 256 valence electrons. The van der Waals surface area contributed by atoms with Crippen LogP contribution in [0.5, 0.6) is 0 Å². The van der Waals surface area contributed by atoms with Crippen LogP contribution in [0.2, 0.25) is 0 Å². The van der Waals surface area contributed by atoms with Gasteiger partial charge in [0, 0.05) is 12.2 Å². The zero-order chi connectivity index (χ0) is 34.7. The Kier molecular flexibility index (Phi) is 13.8. The summed E-state index contributed by atoms with van der Waals surface area (Å²) in [5.74, 6) is -3.20. The van der Waals surface area contributed by atoms with E-state index in [1.54, 1.807) is 20.8 Å². The quantitative estimate of drug-likeness (QED) is 0.242. The second-order valence-corrected chi connectivity index (χ2v) is 13.0. The summed E-state index contributed by atoms with van der Waals surface area (Å²) in [6, 6.07) is 4.59. The van der Waals surface area contributed by atoms with E-state index in [9.17, 15) is 28.8 Å². The summed E-state index contributed by atoms with van der Waals surface area (Å²) < 4.78 is 0. The third kappa shape index (κ3) is 10.8. The summed E-state index contributed by atoms with van der Waals surface area (Å²) in [6.45, 7) is 7.64. The molecule has 6 amide bonds. The van der Waals surface area contributed by atoms with E-state index in [1.165, 1.54) is 36.8 Å². The van der Waals surface area contributed by atoms with Crippen LogP contribution in [0.25, 0.3) is 0 Å². The molecule has 2 heterocycles. The number of benzene rings is 1. The topological polar surface area (TPSA) is 194 Å². The van der Waals surface area contributed by atoms with Crippen LogP contribution in [-0.4, -0.2) is 106 Å². The maximum Gasteiger partial charge on any atom is 0.274 e. The molecule has 0 saturated carbocycles. The Bertz CT molecular complexity index is 1420. The average molecular weight is 671 g/mol. The van der Waals surface area contributed by atoms with Crippen molar-refractivity contribution in [3.05, 3.63) is 53.6 Å². The van der Waals surface area contributed by atoms with E-state index < -0.39 is 72.2 Å². The molecule has 0 aliphatic carbocycles. The Morgan fingerprint density at radius 2 is 1.57 bits per heavy atom. The predicted octanol–water partition coefficient (Wildman–Crippen LogP) is 0.290. The molecule has 1 aromatic carbocycles. The highest BCUT2D eigenvalue weighted by atomic mass is 32.2. The fourth-order valence-corrected chi connectivity index (χ4v) is 5.55. The van der Waals surface area contributed by atoms with Gasteiger partial charge in [-0.2, -0.15) is 11.8 Å². The molecule has 1 saturated heterocycles. The van der Waals surface area contributed by atoms with Crippen LogP contribution in [-0.2, 0) is 30.4 Å². The van der Waals surface area contributed by atoms with Gasteiger partial charge in [-0.3, -0.25) is 28.8 Å². The van der Waals surface area contributed by atoms with E-state index >= 15 is 0 Å². The summed E-state index contributed by atoms with van der Waals surface area (Å²) in [7, 11) is 0. The third-order valence-electron chi connectivity index (χ3n) is 7.78. The van der Waals surface area contributed by atoms with Gasteiger partial charge in [0.1, 0.15) is 29.9 Å². The molecule has 2 aromatic rings. The first kappa shape index (κ1) is 37.1. The molecule has 6 N–H and O–H groups in total. The van der Waals surface area contributed by atoms with E-state index in [0.717, 1.165) is 5.56 Å². The Morgan fingerprint density at radius 3 is 2.19 bits per heavy atom. The van der Waals surface area contributed by atoms with Crippen LogP contribution in [0.4, 0.5) is 0 Å². The molecule has 14 nitrogen and oxygen atoms in total. The molecule has 1 aliphatic rings. The summed E-state index contributed by atoms with van der Waals surface area (Å²) in [4.78, 5) is 88.8. The summed E-state index contributed by atoms with van der Waals surface area (Å²) >= 11 is 1.50. The smallest absolute Gasteiger partial charge is 0.274 e. The number of aryl methyl sites for hydroxylation is 1. The highest BCUT2D eigenvalue weighted by Gasteiger charge is 2.33. The second-order valence-electron chi connectivity index (χ2n) is 12.0. The van der Waals surface area contributed by atoms with Crippen LogP contribution in [0.1, 0.15) is 55.9 Å². The summed E-state index contributed by atoms with van der Waals surface area (Å²) in [6.07, 6.45) is 3.84. The molecule has 15 heteroatoms. The number of carbonyl (C=O) groups excluding carboxylic acids is 6. The molecular weight excluding hydrogens is 624 g/mol. The number of hydrogen-bond acceptors (Lipinski definition) is 8. The number of amides is 6. The largest absolute Gasteiger partial charge is 0.349 e. The lowest BCUT2D eigenvalue weighted by atomic mass is 10.0. The molecule has 1 aromatic heterocycles. The number of rotatable bonds is 7. The van der Waals surface area contributed by atoms with Crippen molar-refractivity contribution >= 4 is 47.2 Å². The van der Waals surface area contributed by atoms with Gasteiger partial charge in [0.2, 0.25) is 29.5 Å². The van der Waals surface area contributed by atoms with Crippen LogP contribution in [0, 0.1) is 12.8 Å². The van der Waals surface area contributed by atoms with Crippen molar-refractivity contribution in [3.63, 3.8) is 0 Å². The lowest BCUT2D eigenvalue weighted by Crippen LogP contribution is -2.60. The molecule has 1 fully saturated rings. The molecule has 47 heavy (non-hydrogen) atoms. The molecule has 0 bridgehead atoms. The van der Waals surface area contributed by atoms with Gasteiger partial charge in [-0.25, -0.2) is 4.98 Å². The minimum atomic E-state index is -1.06. The van der Waals surface area contributed by atoms with E-state index in [2.05, 4.69) is 36.6 Å². The van der Waals surface area contributed by atoms with Crippen LogP contribution in [0.15, 0.2) is 36.7 Å². The number of nitrogens with zero attached hydrogens (tertiary/aromatic N) is 2. The number of nitrogens with one attached hydrogen (secondary N) is 6. The summed E-state index contributed by atoms with van der Waals surface area (Å²) in [5, 5.41) is 13.7. The van der Waals surface area contributed by atoms with Crippen molar-refractivity contribution in [1.29, 1.82) is 0 Å². The lowest BCUT2D eigenvalue weighted by molar-refractivity contribution is -0.135. The van der Waals surface area contributed by atoms with Crippen molar-refractivity contribution in [3.8, 4) is 0 Å². The summed E-state index contributed by atoms with van der Waals surface area (Å²) in [5.41, 5.74) is 1.48. The minimum absolute atomic E-state index is 0.0811. The number of aromatic amines is 1. The van der Waals surface area contributed by atoms with E-state index in [1.807, 2.05) is 36.6 Å². The molecule has 0 radical (unpaired) electrons. The first-order valence-corrected chi connectivity index (χ1v) is 17.0. The van der Waals surface area contributed by atoms with Gasteiger partial charge >= 0.3 is 0 Å². The van der Waals surface area contributed by atoms with Crippen LogP contribution < -0.4 is 26.6 Å². The Balaban J connectivity index is 2.01. The Hall–Kier alpha value is -4.40. The lowest BCUT2D eigenvalue weighted by Gasteiger charge is -2.30. The first-order chi connectivity index (χ1) is 22.3. The molecule has 0 unspecified atom stereocenters. The number of imidazole rings is 1. The van der Waals surface area contributed by atoms with Gasteiger partial charge in [-0.1, -0.05) is 44.2 Å². The van der Waals surface area contributed by atoms with Gasteiger partial charge in [0.15, 0.2) is 0 Å². The number of thioether (sulfide) groups is 1. The maximum atomic E-state index is 13.7. The maximum absolute atomic E-state index is 13.7. The van der Waals surface area contributed by atoms with E-state index in [4.69, 9.17) is 0 Å². The minimum Gasteiger partial charge on any atom is -0.349 e. The number of hydrogen-bond donors (Lipinski definition) is 6. The van der Waals surface area contributed by atoms with E-state index in [0.29, 0.717) is 24.3 Å². The van der Waals surface area contributed by atoms with Crippen molar-refractivity contribution in [2.24, 2.45) is 5.92 Å². The monoisotopic (exact) mass is 670 g/mol. The van der Waals surface area contributed by atoms with Crippen molar-refractivity contribution in [1.82, 2.24) is 41.5 Å². The zero-order valence-electron chi connectivity index (χ0n) is 27.7. The van der Waals surface area contributed by atoms with Gasteiger partial charge in [-0.15, -0.1) is 0 Å². The molecular formula is C32H46N8O6S. The number of H-pyrrole nitrogens is 1. The van der Waals surface area contributed by atoms with Crippen molar-refractivity contribution in [2.75, 3.05) is 25.1 Å². The van der Waals surface area contributed by atoms with Gasteiger partial charge in [-0.05, 0) is 57.1 Å². The fraction of sp³-hybridized carbons (Fsp3) is 0.531. The van der Waals surface area contributed by atoms with E-state index in [-0.39, 0.29) is 18.2 Å². The highest BCUT2D eigenvalue weighted by molar-refractivity contribution is 7.98. The molecule has 0 spiro atoms. The van der Waals surface area contributed by atoms with Gasteiger partial charge < -0.3 is 36.5 Å². The van der Waals surface area contributed by atoms with Crippen LogP contribution >= 0.6 is 11.8 Å². The first-order valence-electron chi connectivity index (χ1n) is 15.6. The molecule has 3 rings (SSSR count). The average Bonchev–Trinajstić information content (AvgIpc) is 3.46. The predicted molar refractivity (Wildman–Crippen MR) is 178 cm³/mol. The normalized spacial score (nSPS) is 23.9. The third-order valence-corrected chi connectivity index (χ3v) is 8.42. The fourth-order valence-electron chi connectivity index (χ4n) is 5.08. The standard InChI is InChI=1S/C32H46N8O6S/c1-18(2)26-31(45)38-24(12-13-47-6)30(44)36-21(5)28(42)37-23(14-22-10-8-7-9-11-22)15-40(32(46)27-19(3)33-17-34-27)16-25(41)35-20(4)29(43)39-26/h7-11,17-18,20-21,23-24,26H,12-16H2,1-6H3,(H,33,34)(H,35,41)(H,36,44)(H,37,42)(H,38,45)(H,39,43)/t20-,21+,23-,24+,26+/m1/s1. The van der Waals surface area contributed by atoms with Crippen molar-refractivity contribution in [2.45, 2.75) is 77.7 Å². The van der Waals surface area contributed by atoms with Gasteiger partial charge in [0.05, 0.1) is 18.9 Å². The van der Waals surface area contributed by atoms with Crippen LogP contribution in [0.3, 0.4) is 0 Å². The molecule has 5 atom stereocenters. The Morgan fingerprint density at radius 1 is 0.915 bits per heavy atom. The Labute approximate surface area is 279 Å².